The first-order valence-corrected chi connectivity index (χ1v) is 10.0. The standard InChI is InChI=1S/C12H21Cl2NO4S2/c1-2-4-18-5-3-9(6-13)19-12(20)15-11-8-21(16,17)7-10(11)14/h9-11H,2-8H2,1H3,(H,15,20)/t9-,10-,11+/m1/s1. The first-order chi connectivity index (χ1) is 9.88. The minimum Gasteiger partial charge on any atom is -0.466 e. The molecule has 1 fully saturated rings. The molecule has 0 radical (unpaired) electrons. The Bertz CT molecular complexity index is 433. The molecule has 3 atom stereocenters. The van der Waals surface area contributed by atoms with E-state index >= 15 is 0 Å². The summed E-state index contributed by atoms with van der Waals surface area (Å²) in [5.74, 6) is 0.207. The third kappa shape index (κ3) is 7.32. The Morgan fingerprint density at radius 1 is 1.43 bits per heavy atom. The van der Waals surface area contributed by atoms with E-state index in [1.165, 1.54) is 0 Å². The molecular weight excluding hydrogens is 357 g/mol. The van der Waals surface area contributed by atoms with E-state index in [0.717, 1.165) is 6.42 Å². The van der Waals surface area contributed by atoms with Gasteiger partial charge in [-0.05, 0) is 18.6 Å². The number of rotatable bonds is 8. The van der Waals surface area contributed by atoms with Gasteiger partial charge in [0.15, 0.2) is 9.84 Å². The molecule has 1 rings (SSSR count). The SMILES string of the molecule is CCCOCC[C@H](CCl)OC(=S)N[C@H]1CS(=O)(=O)C[C@H]1Cl. The zero-order chi connectivity index (χ0) is 15.9. The van der Waals surface area contributed by atoms with Crippen LogP contribution in [-0.4, -0.2) is 61.7 Å². The summed E-state index contributed by atoms with van der Waals surface area (Å²) in [5.41, 5.74) is 0. The summed E-state index contributed by atoms with van der Waals surface area (Å²) in [6.07, 6.45) is 1.31. The van der Waals surface area contributed by atoms with E-state index in [9.17, 15) is 8.42 Å². The van der Waals surface area contributed by atoms with E-state index in [1.807, 2.05) is 6.92 Å². The van der Waals surface area contributed by atoms with Gasteiger partial charge in [-0.3, -0.25) is 0 Å². The van der Waals surface area contributed by atoms with Crippen LogP contribution in [0.3, 0.4) is 0 Å². The van der Waals surface area contributed by atoms with Gasteiger partial charge in [-0.15, -0.1) is 23.2 Å². The molecule has 1 saturated heterocycles. The number of hydrogen-bond acceptors (Lipinski definition) is 5. The highest BCUT2D eigenvalue weighted by molar-refractivity contribution is 7.91. The van der Waals surface area contributed by atoms with Crippen molar-refractivity contribution in [2.45, 2.75) is 37.3 Å². The van der Waals surface area contributed by atoms with E-state index in [-0.39, 0.29) is 28.7 Å². The summed E-state index contributed by atoms with van der Waals surface area (Å²) in [6, 6.07) is -0.420. The smallest absolute Gasteiger partial charge is 0.257 e. The van der Waals surface area contributed by atoms with Crippen molar-refractivity contribution in [3.63, 3.8) is 0 Å². The summed E-state index contributed by atoms with van der Waals surface area (Å²) in [7, 11) is -3.10. The molecule has 0 aromatic heterocycles. The Morgan fingerprint density at radius 2 is 2.14 bits per heavy atom. The van der Waals surface area contributed by atoms with Crippen molar-refractivity contribution in [1.29, 1.82) is 0 Å². The van der Waals surface area contributed by atoms with E-state index in [4.69, 9.17) is 44.9 Å². The van der Waals surface area contributed by atoms with Gasteiger partial charge in [-0.2, -0.15) is 0 Å². The van der Waals surface area contributed by atoms with Crippen molar-refractivity contribution >= 4 is 50.4 Å². The molecular formula is C12H21Cl2NO4S2. The average molecular weight is 378 g/mol. The molecule has 0 spiro atoms. The molecule has 1 heterocycles. The first-order valence-electron chi connectivity index (χ1n) is 6.83. The Balaban J connectivity index is 2.34. The summed E-state index contributed by atoms with van der Waals surface area (Å²) in [5, 5.41) is 2.48. The topological polar surface area (TPSA) is 64.6 Å². The Labute approximate surface area is 141 Å². The lowest BCUT2D eigenvalue weighted by Gasteiger charge is -2.21. The molecule has 0 aromatic carbocycles. The highest BCUT2D eigenvalue weighted by Gasteiger charge is 2.37. The van der Waals surface area contributed by atoms with Crippen molar-refractivity contribution in [2.75, 3.05) is 30.6 Å². The molecule has 1 aliphatic rings. The fourth-order valence-corrected chi connectivity index (χ4v) is 4.96. The third-order valence-electron chi connectivity index (χ3n) is 2.96. The second-order valence-corrected chi connectivity index (χ2v) is 8.32. The Hall–Kier alpha value is 0.180. The zero-order valence-corrected chi connectivity index (χ0v) is 15.0. The summed E-state index contributed by atoms with van der Waals surface area (Å²) >= 11 is 16.9. The van der Waals surface area contributed by atoms with Gasteiger partial charge in [-0.1, -0.05) is 6.92 Å². The van der Waals surface area contributed by atoms with Gasteiger partial charge in [0.05, 0.1) is 35.4 Å². The van der Waals surface area contributed by atoms with Gasteiger partial charge in [-0.25, -0.2) is 8.42 Å². The minimum absolute atomic E-state index is 0.0319. The van der Waals surface area contributed by atoms with Gasteiger partial charge in [0.25, 0.3) is 5.17 Å². The predicted octanol–water partition coefficient (Wildman–Crippen LogP) is 1.71. The molecule has 0 bridgehead atoms. The predicted molar refractivity (Wildman–Crippen MR) is 89.1 cm³/mol. The zero-order valence-electron chi connectivity index (χ0n) is 11.9. The highest BCUT2D eigenvalue weighted by Crippen LogP contribution is 2.18. The number of ether oxygens (including phenoxy) is 2. The van der Waals surface area contributed by atoms with Crippen molar-refractivity contribution < 1.29 is 17.9 Å². The molecule has 124 valence electrons. The van der Waals surface area contributed by atoms with Gasteiger partial charge in [0.2, 0.25) is 0 Å². The lowest BCUT2D eigenvalue weighted by Crippen LogP contribution is -2.42. The van der Waals surface area contributed by atoms with Crippen LogP contribution in [0.15, 0.2) is 0 Å². The van der Waals surface area contributed by atoms with E-state index in [2.05, 4.69) is 5.32 Å². The monoisotopic (exact) mass is 377 g/mol. The number of nitrogens with one attached hydrogen (secondary N) is 1. The maximum atomic E-state index is 11.5. The number of thiocarbonyl (C=S) groups is 1. The first kappa shape index (κ1) is 19.2. The molecule has 1 aliphatic heterocycles. The fraction of sp³-hybridized carbons (Fsp3) is 0.917. The molecule has 5 nitrogen and oxygen atoms in total. The van der Waals surface area contributed by atoms with E-state index in [1.54, 1.807) is 0 Å². The van der Waals surface area contributed by atoms with Crippen molar-refractivity contribution in [1.82, 2.24) is 5.32 Å². The van der Waals surface area contributed by atoms with Crippen molar-refractivity contribution in [3.05, 3.63) is 0 Å². The Morgan fingerprint density at radius 3 is 2.67 bits per heavy atom. The lowest BCUT2D eigenvalue weighted by molar-refractivity contribution is 0.0945. The van der Waals surface area contributed by atoms with Gasteiger partial charge in [0.1, 0.15) is 6.10 Å². The lowest BCUT2D eigenvalue weighted by atomic mass is 10.2. The van der Waals surface area contributed by atoms with Crippen LogP contribution in [0, 0.1) is 0 Å². The normalized spacial score (nSPS) is 25.5. The van der Waals surface area contributed by atoms with Crippen LogP contribution in [0.25, 0.3) is 0 Å². The van der Waals surface area contributed by atoms with Crippen LogP contribution < -0.4 is 5.32 Å². The second kappa shape index (κ2) is 9.35. The van der Waals surface area contributed by atoms with Crippen LogP contribution in [0.4, 0.5) is 0 Å². The van der Waals surface area contributed by atoms with E-state index < -0.39 is 21.3 Å². The third-order valence-corrected chi connectivity index (χ3v) is 5.90. The largest absolute Gasteiger partial charge is 0.466 e. The van der Waals surface area contributed by atoms with Gasteiger partial charge >= 0.3 is 0 Å². The molecule has 9 heteroatoms. The van der Waals surface area contributed by atoms with Crippen molar-refractivity contribution in [2.24, 2.45) is 0 Å². The van der Waals surface area contributed by atoms with Crippen LogP contribution in [0.5, 0.6) is 0 Å². The molecule has 0 unspecified atom stereocenters. The number of sulfone groups is 1. The average Bonchev–Trinajstić information content (AvgIpc) is 2.65. The maximum absolute atomic E-state index is 11.5. The van der Waals surface area contributed by atoms with Crippen LogP contribution >= 0.6 is 35.4 Å². The number of alkyl halides is 2. The number of hydrogen-bond donors (Lipinski definition) is 1. The van der Waals surface area contributed by atoms with Crippen LogP contribution in [0.1, 0.15) is 19.8 Å². The van der Waals surface area contributed by atoms with Crippen molar-refractivity contribution in [3.8, 4) is 0 Å². The summed E-state index contributed by atoms with van der Waals surface area (Å²) in [4.78, 5) is 0. The van der Waals surface area contributed by atoms with E-state index in [0.29, 0.717) is 19.6 Å². The fourth-order valence-electron chi connectivity index (χ4n) is 1.90. The molecule has 0 amide bonds. The van der Waals surface area contributed by atoms with Gasteiger partial charge < -0.3 is 14.8 Å². The second-order valence-electron chi connectivity index (χ2n) is 4.93. The Kier molecular flexibility index (Phi) is 8.56. The summed E-state index contributed by atoms with van der Waals surface area (Å²) in [6.45, 7) is 3.28. The molecule has 0 aliphatic carbocycles. The minimum atomic E-state index is -3.10. The maximum Gasteiger partial charge on any atom is 0.257 e. The number of halogens is 2. The van der Waals surface area contributed by atoms with Gasteiger partial charge in [0, 0.05) is 13.0 Å². The quantitative estimate of drug-likeness (QED) is 0.394. The molecule has 21 heavy (non-hydrogen) atoms. The summed E-state index contributed by atoms with van der Waals surface area (Å²) < 4.78 is 33.8. The van der Waals surface area contributed by atoms with Crippen LogP contribution in [-0.2, 0) is 19.3 Å². The van der Waals surface area contributed by atoms with Crippen LogP contribution in [0.2, 0.25) is 0 Å². The molecule has 0 aromatic rings. The molecule has 1 N–H and O–H groups in total. The molecule has 0 saturated carbocycles. The highest BCUT2D eigenvalue weighted by atomic mass is 35.5.